The summed E-state index contributed by atoms with van der Waals surface area (Å²) in [6.45, 7) is 7.89. The maximum atomic E-state index is 12.9. The number of nitrogens with zero attached hydrogens (tertiary/aromatic N) is 2. The average Bonchev–Trinajstić information content (AvgIpc) is 2.67. The molecule has 1 aliphatic rings. The fourth-order valence-electron chi connectivity index (χ4n) is 4.62. The number of nitrogens with one attached hydrogen (secondary N) is 1. The Morgan fingerprint density at radius 2 is 1.73 bits per heavy atom. The molecule has 33 heavy (non-hydrogen) atoms. The molecule has 0 bridgehead atoms. The molecule has 1 aliphatic heterocycles. The van der Waals surface area contributed by atoms with E-state index in [2.05, 4.69) is 4.72 Å². The van der Waals surface area contributed by atoms with Crippen molar-refractivity contribution in [2.45, 2.75) is 57.7 Å². The SMILES string of the molecule is CC(c1ccc(-c2ccc(=O)n(C)c2)cc1)N1CCC(C)(CC(C)(C)NS(C)(=O)=O)OC1=O. The molecule has 0 radical (unpaired) electrons. The van der Waals surface area contributed by atoms with Gasteiger partial charge < -0.3 is 14.2 Å². The van der Waals surface area contributed by atoms with Crippen LogP contribution in [0.4, 0.5) is 4.79 Å². The van der Waals surface area contributed by atoms with Crippen molar-refractivity contribution in [3.8, 4) is 11.1 Å². The van der Waals surface area contributed by atoms with E-state index in [-0.39, 0.29) is 11.6 Å². The number of benzene rings is 1. The van der Waals surface area contributed by atoms with Crippen LogP contribution in [-0.2, 0) is 21.8 Å². The van der Waals surface area contributed by atoms with Gasteiger partial charge in [-0.1, -0.05) is 24.3 Å². The Labute approximate surface area is 195 Å². The Hall–Kier alpha value is -2.65. The van der Waals surface area contributed by atoms with Gasteiger partial charge in [0, 0.05) is 44.2 Å². The van der Waals surface area contributed by atoms with Crippen LogP contribution in [0.5, 0.6) is 0 Å². The second-order valence-corrected chi connectivity index (χ2v) is 11.6. The van der Waals surface area contributed by atoms with Crippen molar-refractivity contribution < 1.29 is 17.9 Å². The third-order valence-electron chi connectivity index (χ3n) is 6.01. The number of carbonyl (C=O) groups is 1. The number of hydrogen-bond acceptors (Lipinski definition) is 5. The number of carbonyl (C=O) groups excluding carboxylic acids is 1. The lowest BCUT2D eigenvalue weighted by molar-refractivity contribution is -0.0587. The zero-order valence-corrected chi connectivity index (χ0v) is 20.9. The minimum Gasteiger partial charge on any atom is -0.443 e. The third-order valence-corrected chi connectivity index (χ3v) is 6.93. The van der Waals surface area contributed by atoms with Gasteiger partial charge in [-0.05, 0) is 50.5 Å². The Kier molecular flexibility index (Phi) is 6.77. The van der Waals surface area contributed by atoms with Crippen LogP contribution < -0.4 is 10.3 Å². The lowest BCUT2D eigenvalue weighted by Crippen LogP contribution is -2.54. The molecule has 0 saturated carbocycles. The van der Waals surface area contributed by atoms with Gasteiger partial charge >= 0.3 is 6.09 Å². The van der Waals surface area contributed by atoms with Gasteiger partial charge in [-0.3, -0.25) is 4.79 Å². The van der Waals surface area contributed by atoms with Gasteiger partial charge in [-0.2, -0.15) is 0 Å². The Morgan fingerprint density at radius 1 is 1.12 bits per heavy atom. The molecule has 1 aromatic heterocycles. The first-order valence-electron chi connectivity index (χ1n) is 10.9. The zero-order valence-electron chi connectivity index (χ0n) is 20.1. The summed E-state index contributed by atoms with van der Waals surface area (Å²) in [6.07, 6.45) is 3.47. The van der Waals surface area contributed by atoms with Crippen molar-refractivity contribution in [1.29, 1.82) is 0 Å². The molecule has 9 heteroatoms. The number of amides is 1. The summed E-state index contributed by atoms with van der Waals surface area (Å²) in [4.78, 5) is 26.2. The van der Waals surface area contributed by atoms with E-state index in [9.17, 15) is 18.0 Å². The first kappa shape index (κ1) is 25.0. The fraction of sp³-hybridized carbons (Fsp3) is 0.500. The van der Waals surface area contributed by atoms with Crippen LogP contribution in [0.25, 0.3) is 11.1 Å². The highest BCUT2D eigenvalue weighted by Gasteiger charge is 2.42. The summed E-state index contributed by atoms with van der Waals surface area (Å²) in [5.41, 5.74) is 1.33. The second-order valence-electron chi connectivity index (χ2n) is 9.86. The van der Waals surface area contributed by atoms with E-state index < -0.39 is 27.3 Å². The Morgan fingerprint density at radius 3 is 2.27 bits per heavy atom. The normalized spacial score (nSPS) is 20.4. The minimum absolute atomic E-state index is 0.0601. The molecule has 1 amide bonds. The predicted molar refractivity (Wildman–Crippen MR) is 128 cm³/mol. The number of cyclic esters (lactones) is 1. The maximum absolute atomic E-state index is 12.9. The van der Waals surface area contributed by atoms with Gasteiger partial charge in [-0.25, -0.2) is 17.9 Å². The number of aromatic nitrogens is 1. The highest BCUT2D eigenvalue weighted by atomic mass is 32.2. The van der Waals surface area contributed by atoms with Crippen molar-refractivity contribution in [3.05, 3.63) is 58.5 Å². The zero-order chi connectivity index (χ0) is 24.6. The first-order valence-corrected chi connectivity index (χ1v) is 12.8. The molecule has 180 valence electrons. The van der Waals surface area contributed by atoms with Gasteiger partial charge in [0.15, 0.2) is 0 Å². The van der Waals surface area contributed by atoms with Crippen LogP contribution in [-0.4, -0.2) is 47.9 Å². The molecule has 2 heterocycles. The largest absolute Gasteiger partial charge is 0.443 e. The molecule has 1 saturated heterocycles. The van der Waals surface area contributed by atoms with E-state index in [1.54, 1.807) is 48.7 Å². The summed E-state index contributed by atoms with van der Waals surface area (Å²) in [6, 6.07) is 11.1. The summed E-state index contributed by atoms with van der Waals surface area (Å²) in [5, 5.41) is 0. The number of sulfonamides is 1. The highest BCUT2D eigenvalue weighted by Crippen LogP contribution is 2.35. The van der Waals surface area contributed by atoms with Gasteiger partial charge in [-0.15, -0.1) is 0 Å². The molecule has 2 unspecified atom stereocenters. The van der Waals surface area contributed by atoms with Gasteiger partial charge in [0.1, 0.15) is 5.60 Å². The molecule has 2 aromatic rings. The summed E-state index contributed by atoms with van der Waals surface area (Å²) in [7, 11) is -1.66. The van der Waals surface area contributed by atoms with Crippen molar-refractivity contribution in [2.24, 2.45) is 7.05 Å². The molecule has 0 spiro atoms. The predicted octanol–water partition coefficient (Wildman–Crippen LogP) is 3.43. The van der Waals surface area contributed by atoms with Crippen LogP contribution in [0, 0.1) is 0 Å². The molecule has 1 aromatic carbocycles. The van der Waals surface area contributed by atoms with Crippen molar-refractivity contribution >= 4 is 16.1 Å². The Bertz CT molecular complexity index is 1190. The highest BCUT2D eigenvalue weighted by molar-refractivity contribution is 7.88. The number of ether oxygens (including phenoxy) is 1. The molecule has 2 atom stereocenters. The molecule has 1 N–H and O–H groups in total. The van der Waals surface area contributed by atoms with Crippen LogP contribution >= 0.6 is 0 Å². The molecular formula is C24H33N3O5S. The van der Waals surface area contributed by atoms with Crippen molar-refractivity contribution in [3.63, 3.8) is 0 Å². The fourth-order valence-corrected chi connectivity index (χ4v) is 5.69. The van der Waals surface area contributed by atoms with Crippen LogP contribution in [0.3, 0.4) is 0 Å². The maximum Gasteiger partial charge on any atom is 0.410 e. The van der Waals surface area contributed by atoms with E-state index in [1.807, 2.05) is 38.1 Å². The lowest BCUT2D eigenvalue weighted by Gasteiger charge is -2.44. The second kappa shape index (κ2) is 8.95. The van der Waals surface area contributed by atoms with Crippen molar-refractivity contribution in [1.82, 2.24) is 14.2 Å². The number of pyridine rings is 1. The van der Waals surface area contributed by atoms with E-state index in [0.29, 0.717) is 19.4 Å². The molecule has 8 nitrogen and oxygen atoms in total. The first-order chi connectivity index (χ1) is 15.2. The number of hydrogen-bond donors (Lipinski definition) is 1. The number of aryl methyl sites for hydroxylation is 1. The summed E-state index contributed by atoms with van der Waals surface area (Å²) in [5.74, 6) is 0. The molecule has 3 rings (SSSR count). The summed E-state index contributed by atoms with van der Waals surface area (Å²) < 4.78 is 33.3. The minimum atomic E-state index is -3.38. The van der Waals surface area contributed by atoms with Gasteiger partial charge in [0.2, 0.25) is 15.6 Å². The monoisotopic (exact) mass is 475 g/mol. The molecule has 0 aliphatic carbocycles. The van der Waals surface area contributed by atoms with Crippen LogP contribution in [0.15, 0.2) is 47.4 Å². The lowest BCUT2D eigenvalue weighted by atomic mass is 9.85. The van der Waals surface area contributed by atoms with Gasteiger partial charge in [0.05, 0.1) is 12.3 Å². The Balaban J connectivity index is 1.69. The van der Waals surface area contributed by atoms with E-state index in [1.165, 1.54) is 0 Å². The topological polar surface area (TPSA) is 97.7 Å². The molecular weight excluding hydrogens is 442 g/mol. The third kappa shape index (κ3) is 6.23. The molecule has 1 fully saturated rings. The van der Waals surface area contributed by atoms with Gasteiger partial charge in [0.25, 0.3) is 0 Å². The number of rotatable bonds is 7. The standard InChI is InChI=1S/C24H33N3O5S/c1-17(18-7-9-19(10-8-18)20-11-12-21(28)26(5)15-20)27-14-13-24(4,32-22(27)29)16-23(2,3)25-33(6,30)31/h7-12,15,17,25H,13-14,16H2,1-6H3. The van der Waals surface area contributed by atoms with Crippen molar-refractivity contribution in [2.75, 3.05) is 12.8 Å². The van der Waals surface area contributed by atoms with Crippen LogP contribution in [0.2, 0.25) is 0 Å². The quantitative estimate of drug-likeness (QED) is 0.662. The van der Waals surface area contributed by atoms with E-state index in [4.69, 9.17) is 4.74 Å². The van der Waals surface area contributed by atoms with E-state index >= 15 is 0 Å². The van der Waals surface area contributed by atoms with Crippen LogP contribution in [0.1, 0.15) is 52.1 Å². The smallest absolute Gasteiger partial charge is 0.410 e. The van der Waals surface area contributed by atoms with E-state index in [0.717, 1.165) is 22.9 Å². The average molecular weight is 476 g/mol. The summed E-state index contributed by atoms with van der Waals surface area (Å²) >= 11 is 0.